The first-order valence-corrected chi connectivity index (χ1v) is 13.5. The summed E-state index contributed by atoms with van der Waals surface area (Å²) in [4.78, 5) is 0. The van der Waals surface area contributed by atoms with E-state index in [-0.39, 0.29) is 11.5 Å². The first-order chi connectivity index (χ1) is 14.5. The van der Waals surface area contributed by atoms with Gasteiger partial charge < -0.3 is 5.11 Å². The summed E-state index contributed by atoms with van der Waals surface area (Å²) >= 11 is 0. The van der Waals surface area contributed by atoms with Crippen molar-refractivity contribution in [1.82, 2.24) is 0 Å². The van der Waals surface area contributed by atoms with Gasteiger partial charge >= 0.3 is 0 Å². The lowest BCUT2D eigenvalue weighted by Gasteiger charge is -2.72. The van der Waals surface area contributed by atoms with Gasteiger partial charge in [-0.3, -0.25) is 0 Å². The van der Waals surface area contributed by atoms with Crippen LogP contribution in [0.15, 0.2) is 23.8 Å². The average Bonchev–Trinajstić information content (AvgIpc) is 2.71. The van der Waals surface area contributed by atoms with Gasteiger partial charge in [0, 0.05) is 0 Å². The van der Waals surface area contributed by atoms with E-state index in [4.69, 9.17) is 0 Å². The first kappa shape index (κ1) is 22.2. The van der Waals surface area contributed by atoms with Crippen molar-refractivity contribution < 1.29 is 5.11 Å². The predicted octanol–water partition coefficient (Wildman–Crippen LogP) is 7.94. The molecule has 0 amide bonds. The summed E-state index contributed by atoms with van der Waals surface area (Å²) in [5.74, 6) is 3.76. The van der Waals surface area contributed by atoms with Crippen molar-refractivity contribution in [2.24, 2.45) is 51.2 Å². The third-order valence-corrected chi connectivity index (χ3v) is 12.6. The third kappa shape index (κ3) is 2.77. The highest BCUT2D eigenvalue weighted by molar-refractivity contribution is 5.27. The molecule has 0 unspecified atom stereocenters. The maximum atomic E-state index is 10.9. The van der Waals surface area contributed by atoms with Crippen LogP contribution in [0.25, 0.3) is 0 Å². The van der Waals surface area contributed by atoms with Crippen LogP contribution >= 0.6 is 0 Å². The summed E-state index contributed by atoms with van der Waals surface area (Å²) in [6.45, 7) is 19.5. The molecule has 1 heteroatoms. The lowest BCUT2D eigenvalue weighted by Crippen LogP contribution is -2.65. The second-order valence-electron chi connectivity index (χ2n) is 13.9. The van der Waals surface area contributed by atoms with Crippen LogP contribution in [-0.4, -0.2) is 11.2 Å². The largest absolute Gasteiger partial charge is 0.393 e. The summed E-state index contributed by atoms with van der Waals surface area (Å²) in [5.41, 5.74) is 4.49. The van der Waals surface area contributed by atoms with E-state index in [0.717, 1.165) is 24.2 Å². The highest BCUT2D eigenvalue weighted by Crippen LogP contribution is 2.75. The van der Waals surface area contributed by atoms with Gasteiger partial charge in [0.05, 0.1) is 6.10 Å². The normalized spacial score (nSPS) is 53.3. The van der Waals surface area contributed by atoms with Crippen LogP contribution in [0.4, 0.5) is 0 Å². The molecule has 0 bridgehead atoms. The summed E-state index contributed by atoms with van der Waals surface area (Å²) in [5, 5.41) is 10.9. The molecule has 0 saturated heterocycles. The molecule has 5 aliphatic rings. The molecule has 5 aliphatic carbocycles. The number of hydrogen-bond donors (Lipinski definition) is 1. The quantitative estimate of drug-likeness (QED) is 0.423. The smallest absolute Gasteiger partial charge is 0.0594 e. The molecule has 31 heavy (non-hydrogen) atoms. The van der Waals surface area contributed by atoms with Gasteiger partial charge in [-0.2, -0.15) is 0 Å². The SMILES string of the molecule is C=C(C)[C@@H]1CCCC2=CC[C@]3(C)[C@H](CC[C@@H]4[C@@]5(C)CC[C@H](O)C(C)(C)[C@@H]5CC[C@]43C)[C@H]21. The maximum absolute atomic E-state index is 10.9. The predicted molar refractivity (Wildman–Crippen MR) is 131 cm³/mol. The zero-order chi connectivity index (χ0) is 22.4. The minimum absolute atomic E-state index is 0.0557. The van der Waals surface area contributed by atoms with Gasteiger partial charge in [-0.1, -0.05) is 58.4 Å². The number of rotatable bonds is 1. The van der Waals surface area contributed by atoms with Crippen LogP contribution < -0.4 is 0 Å². The standard InChI is InChI=1S/C30H48O/c1-19(2)21-10-8-9-20-13-17-29(6)22(26(20)21)11-12-24-28(5)16-15-25(31)27(3,4)23(28)14-18-30(24,29)7/h13,21-26,31H,1,8-12,14-18H2,2-7H3/t21-,22+,23-,24+,25-,26+,28-,29+,30+/m0/s1. The summed E-state index contributed by atoms with van der Waals surface area (Å²) in [6, 6.07) is 0. The zero-order valence-electron chi connectivity index (χ0n) is 21.3. The van der Waals surface area contributed by atoms with Crippen LogP contribution in [0.5, 0.6) is 0 Å². The lowest BCUT2D eigenvalue weighted by atomic mass is 9.33. The Morgan fingerprint density at radius 2 is 1.68 bits per heavy atom. The molecule has 4 saturated carbocycles. The van der Waals surface area contributed by atoms with Gasteiger partial charge in [-0.05, 0) is 122 Å². The number of aliphatic hydroxyl groups excluding tert-OH is 1. The highest BCUT2D eigenvalue weighted by Gasteiger charge is 2.68. The molecule has 0 aromatic carbocycles. The minimum Gasteiger partial charge on any atom is -0.393 e. The van der Waals surface area contributed by atoms with Crippen molar-refractivity contribution >= 4 is 0 Å². The fourth-order valence-corrected chi connectivity index (χ4v) is 10.7. The van der Waals surface area contributed by atoms with Gasteiger partial charge in [0.1, 0.15) is 0 Å². The molecule has 4 fully saturated rings. The van der Waals surface area contributed by atoms with Gasteiger partial charge in [0.15, 0.2) is 0 Å². The fraction of sp³-hybridized carbons (Fsp3) is 0.867. The second kappa shape index (κ2) is 6.97. The van der Waals surface area contributed by atoms with Gasteiger partial charge in [0.25, 0.3) is 0 Å². The Hall–Kier alpha value is -0.560. The van der Waals surface area contributed by atoms with E-state index < -0.39 is 0 Å². The van der Waals surface area contributed by atoms with E-state index in [0.29, 0.717) is 28.1 Å². The molecule has 1 N–H and O–H groups in total. The fourth-order valence-electron chi connectivity index (χ4n) is 10.7. The Bertz CT molecular complexity index is 790. The average molecular weight is 425 g/mol. The van der Waals surface area contributed by atoms with Crippen LogP contribution in [0.3, 0.4) is 0 Å². The topological polar surface area (TPSA) is 20.2 Å². The summed E-state index contributed by atoms with van der Waals surface area (Å²) in [6.07, 6.45) is 15.6. The second-order valence-corrected chi connectivity index (χ2v) is 13.9. The molecular formula is C30H48O. The molecule has 0 radical (unpaired) electrons. The van der Waals surface area contributed by atoms with Crippen LogP contribution in [0.1, 0.15) is 106 Å². The van der Waals surface area contributed by atoms with E-state index in [9.17, 15) is 5.11 Å². The van der Waals surface area contributed by atoms with E-state index in [1.165, 1.54) is 63.4 Å². The van der Waals surface area contributed by atoms with Crippen LogP contribution in [-0.2, 0) is 0 Å². The molecule has 174 valence electrons. The Morgan fingerprint density at radius 1 is 0.935 bits per heavy atom. The molecule has 0 aromatic heterocycles. The molecular weight excluding hydrogens is 376 g/mol. The molecule has 9 atom stereocenters. The molecule has 0 aliphatic heterocycles. The molecule has 0 heterocycles. The van der Waals surface area contributed by atoms with Crippen molar-refractivity contribution in [2.75, 3.05) is 0 Å². The Kier molecular flexibility index (Phi) is 5.00. The van der Waals surface area contributed by atoms with E-state index >= 15 is 0 Å². The van der Waals surface area contributed by atoms with Crippen molar-refractivity contribution in [3.8, 4) is 0 Å². The maximum Gasteiger partial charge on any atom is 0.0594 e. The van der Waals surface area contributed by atoms with Crippen molar-refractivity contribution in [3.05, 3.63) is 23.8 Å². The molecule has 5 rings (SSSR count). The lowest BCUT2D eigenvalue weighted by molar-refractivity contribution is -0.231. The van der Waals surface area contributed by atoms with E-state index in [1.54, 1.807) is 5.57 Å². The zero-order valence-corrected chi connectivity index (χ0v) is 21.3. The Balaban J connectivity index is 1.55. The third-order valence-electron chi connectivity index (χ3n) is 12.6. The van der Waals surface area contributed by atoms with Gasteiger partial charge in [0.2, 0.25) is 0 Å². The number of hydrogen-bond acceptors (Lipinski definition) is 1. The minimum atomic E-state index is -0.124. The number of aliphatic hydroxyl groups is 1. The molecule has 1 nitrogen and oxygen atoms in total. The van der Waals surface area contributed by atoms with Crippen LogP contribution in [0.2, 0.25) is 0 Å². The highest BCUT2D eigenvalue weighted by atomic mass is 16.3. The van der Waals surface area contributed by atoms with Crippen molar-refractivity contribution in [3.63, 3.8) is 0 Å². The molecule has 0 spiro atoms. The molecule has 0 aromatic rings. The first-order valence-electron chi connectivity index (χ1n) is 13.5. The van der Waals surface area contributed by atoms with Crippen molar-refractivity contribution in [1.29, 1.82) is 0 Å². The Morgan fingerprint density at radius 3 is 2.39 bits per heavy atom. The monoisotopic (exact) mass is 424 g/mol. The van der Waals surface area contributed by atoms with Crippen LogP contribution in [0, 0.1) is 51.2 Å². The van der Waals surface area contributed by atoms with Gasteiger partial charge in [-0.15, -0.1) is 0 Å². The van der Waals surface area contributed by atoms with E-state index in [2.05, 4.69) is 54.2 Å². The number of allylic oxidation sites excluding steroid dienone is 3. The number of fused-ring (bicyclic) bond motifs is 7. The summed E-state index contributed by atoms with van der Waals surface area (Å²) < 4.78 is 0. The summed E-state index contributed by atoms with van der Waals surface area (Å²) in [7, 11) is 0. The van der Waals surface area contributed by atoms with E-state index in [1.807, 2.05) is 0 Å². The Labute approximate surface area is 192 Å². The van der Waals surface area contributed by atoms with Crippen molar-refractivity contribution in [2.45, 2.75) is 112 Å². The van der Waals surface area contributed by atoms with Gasteiger partial charge in [-0.25, -0.2) is 0 Å².